The Morgan fingerprint density at radius 2 is 1.68 bits per heavy atom. The Morgan fingerprint density at radius 3 is 2.16 bits per heavy atom. The molecule has 19 heavy (non-hydrogen) atoms. The Morgan fingerprint density at radius 1 is 1.16 bits per heavy atom. The molecule has 0 saturated carbocycles. The number of aliphatic hydroxyl groups excluding tert-OH is 1. The van der Waals surface area contributed by atoms with Crippen LogP contribution in [0, 0.1) is 5.92 Å². The molecule has 0 aliphatic heterocycles. The van der Waals surface area contributed by atoms with Gasteiger partial charge in [0, 0.05) is 12.5 Å². The lowest BCUT2D eigenvalue weighted by Gasteiger charge is -2.37. The molecule has 0 fully saturated rings. The topological polar surface area (TPSA) is 29.5 Å². The summed E-state index contributed by atoms with van der Waals surface area (Å²) in [5, 5.41) is 10.5. The molecule has 0 bridgehead atoms. The molecular weight excluding hydrogens is 252 g/mol. The Bertz CT molecular complexity index is 381. The molecule has 1 N–H and O–H groups in total. The molecule has 0 unspecified atom stereocenters. The summed E-state index contributed by atoms with van der Waals surface area (Å²) < 4.78 is 6.18. The van der Waals surface area contributed by atoms with Gasteiger partial charge in [-0.3, -0.25) is 0 Å². The van der Waals surface area contributed by atoms with Gasteiger partial charge in [-0.2, -0.15) is 0 Å². The highest BCUT2D eigenvalue weighted by atomic mass is 28.4. The van der Waals surface area contributed by atoms with Gasteiger partial charge in [-0.05, 0) is 23.7 Å². The van der Waals surface area contributed by atoms with Crippen LogP contribution in [0.15, 0.2) is 30.3 Å². The zero-order valence-corrected chi connectivity index (χ0v) is 14.1. The van der Waals surface area contributed by atoms with E-state index in [4.69, 9.17) is 4.43 Å². The van der Waals surface area contributed by atoms with Gasteiger partial charge in [-0.15, -0.1) is 0 Å². The van der Waals surface area contributed by atoms with Gasteiger partial charge in [-0.1, -0.05) is 58.0 Å². The van der Waals surface area contributed by atoms with E-state index < -0.39 is 14.4 Å². The minimum Gasteiger partial charge on any atom is -0.416 e. The van der Waals surface area contributed by atoms with Crippen LogP contribution in [0.25, 0.3) is 0 Å². The molecule has 0 aliphatic rings. The third-order valence-electron chi connectivity index (χ3n) is 4.19. The fourth-order valence-electron chi connectivity index (χ4n) is 1.63. The first-order valence-corrected chi connectivity index (χ1v) is 9.93. The third-order valence-corrected chi connectivity index (χ3v) is 8.69. The SMILES string of the molecule is C[C@H](CO[Si](C)(C)C(C)(C)C)[C@H](O)c1ccccc1. The Kier molecular flexibility index (Phi) is 5.36. The maximum absolute atomic E-state index is 10.3. The molecule has 0 spiro atoms. The van der Waals surface area contributed by atoms with Crippen LogP contribution in [0.1, 0.15) is 39.4 Å². The molecular formula is C16H28O2Si. The smallest absolute Gasteiger partial charge is 0.191 e. The first kappa shape index (κ1) is 16.4. The van der Waals surface area contributed by atoms with E-state index >= 15 is 0 Å². The van der Waals surface area contributed by atoms with Crippen molar-refractivity contribution in [3.8, 4) is 0 Å². The summed E-state index contributed by atoms with van der Waals surface area (Å²) in [4.78, 5) is 0. The van der Waals surface area contributed by atoms with Crippen molar-refractivity contribution >= 4 is 8.32 Å². The lowest BCUT2D eigenvalue weighted by Crippen LogP contribution is -2.42. The molecule has 1 aromatic rings. The summed E-state index contributed by atoms with van der Waals surface area (Å²) in [5.41, 5.74) is 0.967. The molecule has 108 valence electrons. The standard InChI is InChI=1S/C16H28O2Si/c1-13(12-18-19(5,6)16(2,3)4)15(17)14-10-8-7-9-11-14/h7-11,13,15,17H,12H2,1-6H3/t13-,15+/m1/s1. The highest BCUT2D eigenvalue weighted by Gasteiger charge is 2.37. The Balaban J connectivity index is 2.59. The minimum absolute atomic E-state index is 0.108. The van der Waals surface area contributed by atoms with E-state index in [1.54, 1.807) is 0 Å². The second-order valence-corrected chi connectivity index (χ2v) is 11.7. The van der Waals surface area contributed by atoms with Crippen LogP contribution in [0.5, 0.6) is 0 Å². The van der Waals surface area contributed by atoms with Gasteiger partial charge in [0.1, 0.15) is 0 Å². The molecule has 2 atom stereocenters. The summed E-state index contributed by atoms with van der Waals surface area (Å²) in [7, 11) is -1.73. The predicted octanol–water partition coefficient (Wildman–Crippen LogP) is 4.38. The lowest BCUT2D eigenvalue weighted by molar-refractivity contribution is 0.0801. The number of aliphatic hydroxyl groups is 1. The van der Waals surface area contributed by atoms with Gasteiger partial charge >= 0.3 is 0 Å². The van der Waals surface area contributed by atoms with Crippen molar-refractivity contribution in [3.05, 3.63) is 35.9 Å². The number of hydrogen-bond acceptors (Lipinski definition) is 2. The van der Waals surface area contributed by atoms with E-state index in [9.17, 15) is 5.11 Å². The summed E-state index contributed by atoms with van der Waals surface area (Å²) in [6.07, 6.45) is -0.453. The summed E-state index contributed by atoms with van der Waals surface area (Å²) in [6.45, 7) is 13.9. The fraction of sp³-hybridized carbons (Fsp3) is 0.625. The number of benzene rings is 1. The molecule has 0 heterocycles. The highest BCUT2D eigenvalue weighted by Crippen LogP contribution is 2.37. The Labute approximate surface area is 118 Å². The number of rotatable bonds is 5. The van der Waals surface area contributed by atoms with E-state index in [1.807, 2.05) is 37.3 Å². The average Bonchev–Trinajstić information content (AvgIpc) is 2.35. The van der Waals surface area contributed by atoms with Crippen LogP contribution in [0.2, 0.25) is 18.1 Å². The second-order valence-electron chi connectivity index (χ2n) is 6.90. The summed E-state index contributed by atoms with van der Waals surface area (Å²) in [6, 6.07) is 9.81. The molecule has 1 rings (SSSR count). The van der Waals surface area contributed by atoms with E-state index in [-0.39, 0.29) is 11.0 Å². The largest absolute Gasteiger partial charge is 0.416 e. The van der Waals surface area contributed by atoms with Crippen molar-refractivity contribution in [1.82, 2.24) is 0 Å². The monoisotopic (exact) mass is 280 g/mol. The van der Waals surface area contributed by atoms with Gasteiger partial charge in [0.25, 0.3) is 0 Å². The zero-order valence-electron chi connectivity index (χ0n) is 13.1. The van der Waals surface area contributed by atoms with Crippen LogP contribution < -0.4 is 0 Å². The Hall–Kier alpha value is -0.643. The predicted molar refractivity (Wildman–Crippen MR) is 83.7 cm³/mol. The molecule has 0 aliphatic carbocycles. The molecule has 0 radical (unpaired) electrons. The molecule has 2 nitrogen and oxygen atoms in total. The van der Waals surface area contributed by atoms with Crippen molar-refractivity contribution in [1.29, 1.82) is 0 Å². The van der Waals surface area contributed by atoms with Crippen LogP contribution in [0.3, 0.4) is 0 Å². The van der Waals surface area contributed by atoms with Crippen LogP contribution in [0.4, 0.5) is 0 Å². The quantitative estimate of drug-likeness (QED) is 0.811. The van der Waals surface area contributed by atoms with Gasteiger partial charge in [0.2, 0.25) is 0 Å². The summed E-state index contributed by atoms with van der Waals surface area (Å²) >= 11 is 0. The van der Waals surface area contributed by atoms with E-state index in [2.05, 4.69) is 33.9 Å². The average molecular weight is 280 g/mol. The lowest BCUT2D eigenvalue weighted by atomic mass is 9.98. The van der Waals surface area contributed by atoms with Crippen molar-refractivity contribution < 1.29 is 9.53 Å². The normalized spacial score (nSPS) is 16.2. The van der Waals surface area contributed by atoms with Crippen LogP contribution >= 0.6 is 0 Å². The first-order chi connectivity index (χ1) is 8.65. The maximum atomic E-state index is 10.3. The van der Waals surface area contributed by atoms with E-state index in [0.29, 0.717) is 6.61 Å². The highest BCUT2D eigenvalue weighted by molar-refractivity contribution is 6.74. The van der Waals surface area contributed by atoms with Gasteiger partial charge in [0.05, 0.1) is 6.10 Å². The fourth-order valence-corrected chi connectivity index (χ4v) is 2.74. The van der Waals surface area contributed by atoms with E-state index in [0.717, 1.165) is 5.56 Å². The third kappa shape index (κ3) is 4.44. The van der Waals surface area contributed by atoms with Gasteiger partial charge in [0.15, 0.2) is 8.32 Å². The van der Waals surface area contributed by atoms with Crippen molar-refractivity contribution in [2.75, 3.05) is 6.61 Å². The second kappa shape index (κ2) is 6.20. The molecule has 3 heteroatoms. The molecule has 0 amide bonds. The zero-order chi connectivity index (χ0) is 14.7. The minimum atomic E-state index is -1.73. The first-order valence-electron chi connectivity index (χ1n) is 7.02. The number of hydrogen-bond donors (Lipinski definition) is 1. The van der Waals surface area contributed by atoms with Crippen LogP contribution in [-0.2, 0) is 4.43 Å². The van der Waals surface area contributed by atoms with Crippen molar-refractivity contribution in [3.63, 3.8) is 0 Å². The van der Waals surface area contributed by atoms with Gasteiger partial charge in [-0.25, -0.2) is 0 Å². The molecule has 1 aromatic carbocycles. The van der Waals surface area contributed by atoms with Crippen molar-refractivity contribution in [2.45, 2.75) is 51.9 Å². The van der Waals surface area contributed by atoms with E-state index in [1.165, 1.54) is 0 Å². The molecule has 0 saturated heterocycles. The summed E-state index contributed by atoms with van der Waals surface area (Å²) in [5.74, 6) is 0.108. The van der Waals surface area contributed by atoms with Crippen molar-refractivity contribution in [2.24, 2.45) is 5.92 Å². The molecule has 0 aromatic heterocycles. The van der Waals surface area contributed by atoms with Crippen LogP contribution in [-0.4, -0.2) is 20.0 Å². The maximum Gasteiger partial charge on any atom is 0.191 e. The van der Waals surface area contributed by atoms with Gasteiger partial charge < -0.3 is 9.53 Å².